The van der Waals surface area contributed by atoms with Crippen molar-refractivity contribution in [3.63, 3.8) is 0 Å². The second kappa shape index (κ2) is 4.55. The monoisotopic (exact) mass is 249 g/mol. The minimum Gasteiger partial charge on any atom is -0.398 e. The van der Waals surface area contributed by atoms with E-state index in [9.17, 15) is 9.18 Å². The van der Waals surface area contributed by atoms with Crippen molar-refractivity contribution in [1.29, 1.82) is 0 Å². The first-order valence-corrected chi connectivity index (χ1v) is 5.31. The SMILES string of the molecule is Nc1cc(C(=O)c2cccc(F)c2)ccc1Cl. The molecule has 86 valence electrons. The van der Waals surface area contributed by atoms with Crippen LogP contribution in [-0.4, -0.2) is 5.78 Å². The van der Waals surface area contributed by atoms with Gasteiger partial charge in [-0.3, -0.25) is 4.79 Å². The minimum absolute atomic E-state index is 0.284. The van der Waals surface area contributed by atoms with E-state index in [2.05, 4.69) is 0 Å². The first-order valence-electron chi connectivity index (χ1n) is 4.93. The molecule has 2 aromatic rings. The molecule has 2 N–H and O–H groups in total. The van der Waals surface area contributed by atoms with Crippen LogP contribution < -0.4 is 5.73 Å². The first-order chi connectivity index (χ1) is 8.08. The molecule has 0 radical (unpaired) electrons. The minimum atomic E-state index is -0.446. The largest absolute Gasteiger partial charge is 0.398 e. The number of benzene rings is 2. The highest BCUT2D eigenvalue weighted by molar-refractivity contribution is 6.33. The van der Waals surface area contributed by atoms with Gasteiger partial charge in [0, 0.05) is 11.1 Å². The quantitative estimate of drug-likeness (QED) is 0.656. The average Bonchev–Trinajstić information content (AvgIpc) is 2.32. The second-order valence-electron chi connectivity index (χ2n) is 3.58. The normalized spacial score (nSPS) is 10.2. The molecule has 0 spiro atoms. The van der Waals surface area contributed by atoms with Gasteiger partial charge in [-0.2, -0.15) is 0 Å². The van der Waals surface area contributed by atoms with Gasteiger partial charge in [-0.15, -0.1) is 0 Å². The molecule has 2 nitrogen and oxygen atoms in total. The van der Waals surface area contributed by atoms with E-state index < -0.39 is 5.82 Å². The fourth-order valence-electron chi connectivity index (χ4n) is 1.48. The van der Waals surface area contributed by atoms with Gasteiger partial charge in [-0.1, -0.05) is 23.7 Å². The predicted octanol–water partition coefficient (Wildman–Crippen LogP) is 3.29. The average molecular weight is 250 g/mol. The molecule has 0 aliphatic heterocycles. The van der Waals surface area contributed by atoms with E-state index in [1.807, 2.05) is 0 Å². The van der Waals surface area contributed by atoms with Crippen molar-refractivity contribution in [1.82, 2.24) is 0 Å². The van der Waals surface area contributed by atoms with E-state index in [0.29, 0.717) is 16.3 Å². The molecule has 0 fully saturated rings. The highest BCUT2D eigenvalue weighted by Gasteiger charge is 2.10. The molecule has 0 saturated heterocycles. The van der Waals surface area contributed by atoms with Crippen LogP contribution in [0.15, 0.2) is 42.5 Å². The van der Waals surface area contributed by atoms with E-state index in [1.54, 1.807) is 18.2 Å². The van der Waals surface area contributed by atoms with Gasteiger partial charge >= 0.3 is 0 Å². The molecule has 2 aromatic carbocycles. The van der Waals surface area contributed by atoms with Crippen LogP contribution in [-0.2, 0) is 0 Å². The number of rotatable bonds is 2. The number of hydrogen-bond donors (Lipinski definition) is 1. The van der Waals surface area contributed by atoms with Crippen LogP contribution in [0.4, 0.5) is 10.1 Å². The van der Waals surface area contributed by atoms with Gasteiger partial charge < -0.3 is 5.73 Å². The fourth-order valence-corrected chi connectivity index (χ4v) is 1.60. The van der Waals surface area contributed by atoms with Crippen LogP contribution in [0.3, 0.4) is 0 Å². The summed E-state index contributed by atoms with van der Waals surface area (Å²) in [6.45, 7) is 0. The molecular weight excluding hydrogens is 241 g/mol. The Labute approximate surface area is 103 Å². The number of carbonyl (C=O) groups is 1. The van der Waals surface area contributed by atoms with Gasteiger partial charge in [0.25, 0.3) is 0 Å². The summed E-state index contributed by atoms with van der Waals surface area (Å²) in [7, 11) is 0. The Hall–Kier alpha value is -1.87. The van der Waals surface area contributed by atoms with Crippen LogP contribution in [0.2, 0.25) is 5.02 Å². The summed E-state index contributed by atoms with van der Waals surface area (Å²) in [6, 6.07) is 10.1. The van der Waals surface area contributed by atoms with Crippen LogP contribution in [0.25, 0.3) is 0 Å². The molecule has 0 unspecified atom stereocenters. The third-order valence-electron chi connectivity index (χ3n) is 2.34. The van der Waals surface area contributed by atoms with E-state index >= 15 is 0 Å². The van der Waals surface area contributed by atoms with Crippen molar-refractivity contribution >= 4 is 23.1 Å². The Morgan fingerprint density at radius 3 is 2.47 bits per heavy atom. The molecule has 0 aliphatic rings. The smallest absolute Gasteiger partial charge is 0.193 e. The lowest BCUT2D eigenvalue weighted by atomic mass is 10.0. The second-order valence-corrected chi connectivity index (χ2v) is 3.98. The Balaban J connectivity index is 2.40. The van der Waals surface area contributed by atoms with Gasteiger partial charge in [0.2, 0.25) is 0 Å². The zero-order valence-electron chi connectivity index (χ0n) is 8.78. The summed E-state index contributed by atoms with van der Waals surface area (Å²) in [5, 5.41) is 0.390. The molecule has 0 atom stereocenters. The molecule has 0 heterocycles. The predicted molar refractivity (Wildman–Crippen MR) is 65.7 cm³/mol. The van der Waals surface area contributed by atoms with Crippen LogP contribution in [0.5, 0.6) is 0 Å². The molecule has 4 heteroatoms. The van der Waals surface area contributed by atoms with E-state index in [4.69, 9.17) is 17.3 Å². The molecule has 2 rings (SSSR count). The third kappa shape index (κ3) is 2.45. The number of nitrogen functional groups attached to an aromatic ring is 1. The Bertz CT molecular complexity index is 583. The summed E-state index contributed by atoms with van der Waals surface area (Å²) in [5.74, 6) is -0.731. The van der Waals surface area contributed by atoms with Gasteiger partial charge in [0.1, 0.15) is 5.82 Å². The number of hydrogen-bond acceptors (Lipinski definition) is 2. The van der Waals surface area contributed by atoms with Gasteiger partial charge in [0.15, 0.2) is 5.78 Å². The summed E-state index contributed by atoms with van der Waals surface area (Å²) in [6.07, 6.45) is 0. The van der Waals surface area contributed by atoms with E-state index in [1.165, 1.54) is 24.3 Å². The lowest BCUT2D eigenvalue weighted by molar-refractivity contribution is 0.103. The fraction of sp³-hybridized carbons (Fsp3) is 0. The van der Waals surface area contributed by atoms with Crippen molar-refractivity contribution in [2.75, 3.05) is 5.73 Å². The molecule has 0 saturated carbocycles. The summed E-state index contributed by atoms with van der Waals surface area (Å²) in [4.78, 5) is 12.0. The van der Waals surface area contributed by atoms with Crippen molar-refractivity contribution in [3.8, 4) is 0 Å². The lowest BCUT2D eigenvalue weighted by Gasteiger charge is -2.03. The van der Waals surface area contributed by atoms with Crippen molar-refractivity contribution in [2.24, 2.45) is 0 Å². The highest BCUT2D eigenvalue weighted by Crippen LogP contribution is 2.21. The number of nitrogens with two attached hydrogens (primary N) is 1. The molecular formula is C13H9ClFNO. The van der Waals surface area contributed by atoms with E-state index in [0.717, 1.165) is 0 Å². The Morgan fingerprint density at radius 1 is 1.12 bits per heavy atom. The third-order valence-corrected chi connectivity index (χ3v) is 2.69. The number of halogens is 2. The molecule has 0 aromatic heterocycles. The van der Waals surface area contributed by atoms with Crippen molar-refractivity contribution in [3.05, 3.63) is 64.4 Å². The van der Waals surface area contributed by atoms with Crippen molar-refractivity contribution in [2.45, 2.75) is 0 Å². The Morgan fingerprint density at radius 2 is 1.82 bits per heavy atom. The van der Waals surface area contributed by atoms with Gasteiger partial charge in [-0.05, 0) is 30.3 Å². The van der Waals surface area contributed by atoms with Crippen LogP contribution >= 0.6 is 11.6 Å². The Kier molecular flexibility index (Phi) is 3.11. The van der Waals surface area contributed by atoms with E-state index in [-0.39, 0.29) is 11.3 Å². The standard InChI is InChI=1S/C13H9ClFNO/c14-11-5-4-9(7-12(11)16)13(17)8-2-1-3-10(15)6-8/h1-7H,16H2. The van der Waals surface area contributed by atoms with Gasteiger partial charge in [0.05, 0.1) is 10.7 Å². The van der Waals surface area contributed by atoms with Crippen molar-refractivity contribution < 1.29 is 9.18 Å². The summed E-state index contributed by atoms with van der Waals surface area (Å²) in [5.41, 5.74) is 6.61. The maximum atomic E-state index is 13.0. The maximum absolute atomic E-state index is 13.0. The zero-order valence-corrected chi connectivity index (χ0v) is 9.54. The van der Waals surface area contributed by atoms with Gasteiger partial charge in [-0.25, -0.2) is 4.39 Å². The molecule has 0 amide bonds. The first kappa shape index (κ1) is 11.6. The number of ketones is 1. The van der Waals surface area contributed by atoms with Crippen LogP contribution in [0, 0.1) is 5.82 Å². The number of anilines is 1. The highest BCUT2D eigenvalue weighted by atomic mass is 35.5. The topological polar surface area (TPSA) is 43.1 Å². The molecule has 0 aliphatic carbocycles. The molecule has 17 heavy (non-hydrogen) atoms. The molecule has 0 bridgehead atoms. The zero-order chi connectivity index (χ0) is 12.4. The lowest BCUT2D eigenvalue weighted by Crippen LogP contribution is -2.02. The number of carbonyl (C=O) groups excluding carboxylic acids is 1. The summed E-state index contributed by atoms with van der Waals surface area (Å²) < 4.78 is 13.0. The summed E-state index contributed by atoms with van der Waals surface area (Å²) >= 11 is 5.76. The maximum Gasteiger partial charge on any atom is 0.193 e. The van der Waals surface area contributed by atoms with Crippen LogP contribution in [0.1, 0.15) is 15.9 Å².